The number of nitrogens with two attached hydrogens (primary N) is 1. The molecule has 0 saturated carbocycles. The zero-order valence-electron chi connectivity index (χ0n) is 12.4. The Kier molecular flexibility index (Phi) is 6.30. The molecule has 1 unspecified atom stereocenters. The zero-order chi connectivity index (χ0) is 14.2. The van der Waals surface area contributed by atoms with E-state index in [1.165, 1.54) is 19.4 Å². The second-order valence-corrected chi connectivity index (χ2v) is 5.35. The van der Waals surface area contributed by atoms with Crippen molar-refractivity contribution in [1.29, 1.82) is 0 Å². The predicted octanol–water partition coefficient (Wildman–Crippen LogP) is 2.02. The van der Waals surface area contributed by atoms with Crippen LogP contribution in [0, 0.1) is 0 Å². The summed E-state index contributed by atoms with van der Waals surface area (Å²) in [4.78, 5) is 2.47. The van der Waals surface area contributed by atoms with Crippen LogP contribution in [0.1, 0.15) is 24.8 Å². The molecule has 1 aliphatic rings. The highest BCUT2D eigenvalue weighted by Gasteiger charge is 2.18. The summed E-state index contributed by atoms with van der Waals surface area (Å²) in [5.74, 6) is 0.926. The Morgan fingerprint density at radius 1 is 1.30 bits per heavy atom. The molecule has 0 spiro atoms. The minimum atomic E-state index is 0.411. The van der Waals surface area contributed by atoms with E-state index in [0.717, 1.165) is 37.4 Å². The highest BCUT2D eigenvalue weighted by molar-refractivity contribution is 5.26. The molecule has 0 aromatic heterocycles. The standard InChI is InChI=1S/C16H26N2O2/c1-19-16-4-2-9-18(13-16)10-3-11-20-15-7-5-14(12-17)6-8-15/h5-8,16H,2-4,9-13,17H2,1H3. The van der Waals surface area contributed by atoms with Crippen LogP contribution in [0.25, 0.3) is 0 Å². The molecule has 0 bridgehead atoms. The normalized spacial score (nSPS) is 20.0. The van der Waals surface area contributed by atoms with E-state index in [4.69, 9.17) is 15.2 Å². The number of methoxy groups -OCH3 is 1. The first-order chi connectivity index (χ1) is 9.81. The number of nitrogens with zero attached hydrogens (tertiary/aromatic N) is 1. The maximum Gasteiger partial charge on any atom is 0.119 e. The van der Waals surface area contributed by atoms with Gasteiger partial charge < -0.3 is 20.1 Å². The van der Waals surface area contributed by atoms with Crippen molar-refractivity contribution in [2.75, 3.05) is 33.4 Å². The quantitative estimate of drug-likeness (QED) is 0.775. The van der Waals surface area contributed by atoms with Crippen LogP contribution in [0.5, 0.6) is 5.75 Å². The minimum Gasteiger partial charge on any atom is -0.494 e. The molecular formula is C16H26N2O2. The zero-order valence-corrected chi connectivity index (χ0v) is 12.4. The van der Waals surface area contributed by atoms with Crippen LogP contribution >= 0.6 is 0 Å². The largest absolute Gasteiger partial charge is 0.494 e. The Morgan fingerprint density at radius 3 is 2.80 bits per heavy atom. The number of hydrogen-bond donors (Lipinski definition) is 1. The molecule has 0 amide bonds. The summed E-state index contributed by atoms with van der Waals surface area (Å²) in [7, 11) is 1.81. The monoisotopic (exact) mass is 278 g/mol. The Bertz CT molecular complexity index is 381. The third kappa shape index (κ3) is 4.78. The van der Waals surface area contributed by atoms with E-state index in [-0.39, 0.29) is 0 Å². The number of likely N-dealkylation sites (tertiary alicyclic amines) is 1. The van der Waals surface area contributed by atoms with Gasteiger partial charge in [0.2, 0.25) is 0 Å². The summed E-state index contributed by atoms with van der Waals surface area (Å²) < 4.78 is 11.2. The van der Waals surface area contributed by atoms with E-state index in [1.54, 1.807) is 0 Å². The van der Waals surface area contributed by atoms with Gasteiger partial charge in [-0.3, -0.25) is 0 Å². The molecule has 4 nitrogen and oxygen atoms in total. The van der Waals surface area contributed by atoms with E-state index in [9.17, 15) is 0 Å². The maximum atomic E-state index is 5.75. The fourth-order valence-corrected chi connectivity index (χ4v) is 2.61. The van der Waals surface area contributed by atoms with E-state index in [2.05, 4.69) is 4.90 Å². The lowest BCUT2D eigenvalue weighted by Gasteiger charge is -2.31. The SMILES string of the molecule is COC1CCCN(CCCOc2ccc(CN)cc2)C1. The van der Waals surface area contributed by atoms with Crippen molar-refractivity contribution in [1.82, 2.24) is 4.90 Å². The van der Waals surface area contributed by atoms with E-state index in [0.29, 0.717) is 12.6 Å². The molecule has 1 aromatic carbocycles. The first-order valence-electron chi connectivity index (χ1n) is 7.49. The molecule has 1 fully saturated rings. The summed E-state index contributed by atoms with van der Waals surface area (Å²) >= 11 is 0. The molecule has 1 aromatic rings. The van der Waals surface area contributed by atoms with Crippen molar-refractivity contribution < 1.29 is 9.47 Å². The Balaban J connectivity index is 1.63. The summed E-state index contributed by atoms with van der Waals surface area (Å²) in [6.45, 7) is 4.67. The molecule has 112 valence electrons. The number of hydrogen-bond acceptors (Lipinski definition) is 4. The van der Waals surface area contributed by atoms with Crippen molar-refractivity contribution in [3.8, 4) is 5.75 Å². The number of rotatable bonds is 7. The lowest BCUT2D eigenvalue weighted by molar-refractivity contribution is 0.0299. The van der Waals surface area contributed by atoms with Gasteiger partial charge >= 0.3 is 0 Å². The fourth-order valence-electron chi connectivity index (χ4n) is 2.61. The molecule has 1 saturated heterocycles. The molecule has 2 rings (SSSR count). The maximum absolute atomic E-state index is 5.75. The van der Waals surface area contributed by atoms with Crippen LogP contribution in [0.2, 0.25) is 0 Å². The summed E-state index contributed by atoms with van der Waals surface area (Å²) in [5, 5.41) is 0. The van der Waals surface area contributed by atoms with Crippen LogP contribution in [-0.2, 0) is 11.3 Å². The predicted molar refractivity (Wildman–Crippen MR) is 80.9 cm³/mol. The molecule has 1 heterocycles. The average Bonchev–Trinajstić information content (AvgIpc) is 2.52. The van der Waals surface area contributed by atoms with Crippen molar-refractivity contribution in [2.45, 2.75) is 31.9 Å². The van der Waals surface area contributed by atoms with Crippen LogP contribution in [0.4, 0.5) is 0 Å². The van der Waals surface area contributed by atoms with Gasteiger partial charge in [0.15, 0.2) is 0 Å². The molecule has 2 N–H and O–H groups in total. The number of ether oxygens (including phenoxy) is 2. The lowest BCUT2D eigenvalue weighted by atomic mass is 10.1. The Labute approximate surface area is 121 Å². The van der Waals surface area contributed by atoms with E-state index < -0.39 is 0 Å². The highest BCUT2D eigenvalue weighted by Crippen LogP contribution is 2.14. The molecule has 20 heavy (non-hydrogen) atoms. The molecular weight excluding hydrogens is 252 g/mol. The van der Waals surface area contributed by atoms with Crippen LogP contribution in [0.15, 0.2) is 24.3 Å². The lowest BCUT2D eigenvalue weighted by Crippen LogP contribution is -2.40. The second-order valence-electron chi connectivity index (χ2n) is 5.35. The van der Waals surface area contributed by atoms with Gasteiger partial charge in [-0.1, -0.05) is 12.1 Å². The van der Waals surface area contributed by atoms with Crippen molar-refractivity contribution in [2.24, 2.45) is 5.73 Å². The molecule has 4 heteroatoms. The van der Waals surface area contributed by atoms with Gasteiger partial charge in [-0.2, -0.15) is 0 Å². The minimum absolute atomic E-state index is 0.411. The third-order valence-corrected chi connectivity index (χ3v) is 3.84. The van der Waals surface area contributed by atoms with Gasteiger partial charge in [0.05, 0.1) is 12.7 Å². The smallest absolute Gasteiger partial charge is 0.119 e. The topological polar surface area (TPSA) is 47.7 Å². The van der Waals surface area contributed by atoms with Gasteiger partial charge in [-0.25, -0.2) is 0 Å². The number of piperidine rings is 1. The van der Waals surface area contributed by atoms with E-state index in [1.807, 2.05) is 31.4 Å². The first-order valence-corrected chi connectivity index (χ1v) is 7.49. The van der Waals surface area contributed by atoms with Gasteiger partial charge in [0.1, 0.15) is 5.75 Å². The third-order valence-electron chi connectivity index (χ3n) is 3.84. The number of benzene rings is 1. The first kappa shape index (κ1) is 15.3. The summed E-state index contributed by atoms with van der Waals surface area (Å²) in [5.41, 5.74) is 6.71. The van der Waals surface area contributed by atoms with Gasteiger partial charge in [0.25, 0.3) is 0 Å². The van der Waals surface area contributed by atoms with Crippen LogP contribution < -0.4 is 10.5 Å². The van der Waals surface area contributed by atoms with Gasteiger partial charge in [0, 0.05) is 26.7 Å². The average molecular weight is 278 g/mol. The van der Waals surface area contributed by atoms with Crippen molar-refractivity contribution >= 4 is 0 Å². The van der Waals surface area contributed by atoms with Gasteiger partial charge in [-0.15, -0.1) is 0 Å². The highest BCUT2D eigenvalue weighted by atomic mass is 16.5. The van der Waals surface area contributed by atoms with Gasteiger partial charge in [-0.05, 0) is 43.5 Å². The van der Waals surface area contributed by atoms with Crippen molar-refractivity contribution in [3.63, 3.8) is 0 Å². The molecule has 0 radical (unpaired) electrons. The van der Waals surface area contributed by atoms with Crippen LogP contribution in [0.3, 0.4) is 0 Å². The summed E-state index contributed by atoms with van der Waals surface area (Å²) in [6, 6.07) is 8.01. The fraction of sp³-hybridized carbons (Fsp3) is 0.625. The Hall–Kier alpha value is -1.10. The molecule has 1 atom stereocenters. The molecule has 1 aliphatic heterocycles. The van der Waals surface area contributed by atoms with Crippen LogP contribution in [-0.4, -0.2) is 44.4 Å². The molecule has 0 aliphatic carbocycles. The Morgan fingerprint density at radius 2 is 2.10 bits per heavy atom. The summed E-state index contributed by atoms with van der Waals surface area (Å²) in [6.07, 6.45) is 3.89. The van der Waals surface area contributed by atoms with E-state index >= 15 is 0 Å². The van der Waals surface area contributed by atoms with Crippen molar-refractivity contribution in [3.05, 3.63) is 29.8 Å². The second kappa shape index (κ2) is 8.25.